The lowest BCUT2D eigenvalue weighted by Crippen LogP contribution is -2.45. The maximum atomic E-state index is 11.6. The fourth-order valence-electron chi connectivity index (χ4n) is 2.61. The Hall–Kier alpha value is -0.850. The Morgan fingerprint density at radius 1 is 1.48 bits per heavy atom. The minimum atomic E-state index is -0.424. The van der Waals surface area contributed by atoms with Gasteiger partial charge < -0.3 is 14.5 Å². The molecule has 1 aromatic heterocycles. The number of piperidine rings is 1. The predicted octanol–water partition coefficient (Wildman–Crippen LogP) is 2.89. The van der Waals surface area contributed by atoms with Gasteiger partial charge in [0.2, 0.25) is 0 Å². The van der Waals surface area contributed by atoms with Crippen LogP contribution in [0.5, 0.6) is 0 Å². The highest BCUT2D eigenvalue weighted by Crippen LogP contribution is 2.32. The van der Waals surface area contributed by atoms with E-state index < -0.39 is 5.97 Å². The van der Waals surface area contributed by atoms with Crippen LogP contribution in [0.15, 0.2) is 0 Å². The van der Waals surface area contributed by atoms with E-state index in [1.165, 1.54) is 18.4 Å². The Morgan fingerprint density at radius 2 is 2.10 bits per heavy atom. The molecule has 5 nitrogen and oxygen atoms in total. The first kappa shape index (κ1) is 16.5. The second kappa shape index (κ2) is 6.94. The van der Waals surface area contributed by atoms with Crippen LogP contribution in [-0.2, 0) is 4.74 Å². The van der Waals surface area contributed by atoms with Crippen molar-refractivity contribution in [1.82, 2.24) is 9.88 Å². The lowest BCUT2D eigenvalue weighted by Gasteiger charge is -2.38. The second-order valence-electron chi connectivity index (χ2n) is 5.58. The topological polar surface area (TPSA) is 45.7 Å². The van der Waals surface area contributed by atoms with Crippen LogP contribution in [0.25, 0.3) is 0 Å². The van der Waals surface area contributed by atoms with E-state index in [4.69, 9.17) is 16.3 Å². The van der Waals surface area contributed by atoms with E-state index in [0.717, 1.165) is 31.1 Å². The Labute approximate surface area is 134 Å². The molecule has 0 radical (unpaired) electrons. The van der Waals surface area contributed by atoms with Crippen molar-refractivity contribution in [2.75, 3.05) is 32.1 Å². The molecule has 1 aromatic rings. The SMILES string of the molecule is COC(=O)c1sc(N(C)C2CCN(C(C)C)CC2)nc1Cl. The van der Waals surface area contributed by atoms with Crippen LogP contribution in [0.4, 0.5) is 5.13 Å². The normalized spacial score (nSPS) is 17.2. The van der Waals surface area contributed by atoms with Gasteiger partial charge in [-0.05, 0) is 26.7 Å². The van der Waals surface area contributed by atoms with E-state index in [-0.39, 0.29) is 5.15 Å². The first-order valence-corrected chi connectivity index (χ1v) is 8.35. The summed E-state index contributed by atoms with van der Waals surface area (Å²) in [6.07, 6.45) is 2.19. The van der Waals surface area contributed by atoms with Crippen molar-refractivity contribution in [2.45, 2.75) is 38.8 Å². The van der Waals surface area contributed by atoms with Gasteiger partial charge in [0.25, 0.3) is 0 Å². The van der Waals surface area contributed by atoms with E-state index in [1.54, 1.807) is 0 Å². The van der Waals surface area contributed by atoms with Crippen molar-refractivity contribution in [3.8, 4) is 0 Å². The van der Waals surface area contributed by atoms with Crippen LogP contribution >= 0.6 is 22.9 Å². The number of aromatic nitrogens is 1. The third-order valence-electron chi connectivity index (χ3n) is 4.02. The predicted molar refractivity (Wildman–Crippen MR) is 86.6 cm³/mol. The maximum absolute atomic E-state index is 11.6. The van der Waals surface area contributed by atoms with Crippen LogP contribution < -0.4 is 4.90 Å². The molecule has 1 fully saturated rings. The van der Waals surface area contributed by atoms with Crippen LogP contribution in [0, 0.1) is 0 Å². The monoisotopic (exact) mass is 331 g/mol. The summed E-state index contributed by atoms with van der Waals surface area (Å²) in [5.74, 6) is -0.424. The molecule has 1 aliphatic heterocycles. The lowest BCUT2D eigenvalue weighted by molar-refractivity contribution is 0.0606. The summed E-state index contributed by atoms with van der Waals surface area (Å²) in [5.41, 5.74) is 0. The van der Waals surface area contributed by atoms with Crippen molar-refractivity contribution >= 4 is 34.0 Å². The van der Waals surface area contributed by atoms with E-state index >= 15 is 0 Å². The molecule has 21 heavy (non-hydrogen) atoms. The number of thiazole rings is 1. The summed E-state index contributed by atoms with van der Waals surface area (Å²) >= 11 is 7.33. The number of likely N-dealkylation sites (tertiary alicyclic amines) is 1. The van der Waals surface area contributed by atoms with Crippen molar-refractivity contribution in [2.24, 2.45) is 0 Å². The number of carbonyl (C=O) groups is 1. The number of hydrogen-bond donors (Lipinski definition) is 0. The molecule has 0 amide bonds. The van der Waals surface area contributed by atoms with Gasteiger partial charge in [0, 0.05) is 32.2 Å². The number of ether oxygens (including phenoxy) is 1. The summed E-state index contributed by atoms with van der Waals surface area (Å²) in [5, 5.41) is 1.01. The number of halogens is 1. The second-order valence-corrected chi connectivity index (χ2v) is 6.92. The molecule has 7 heteroatoms. The first-order valence-electron chi connectivity index (χ1n) is 7.15. The molecule has 118 valence electrons. The maximum Gasteiger partial charge on any atom is 0.351 e. The molecule has 0 unspecified atom stereocenters. The molecule has 0 N–H and O–H groups in total. The van der Waals surface area contributed by atoms with Crippen molar-refractivity contribution < 1.29 is 9.53 Å². The third-order valence-corrected chi connectivity index (χ3v) is 5.54. The fourth-order valence-corrected chi connectivity index (χ4v) is 3.84. The Morgan fingerprint density at radius 3 is 2.62 bits per heavy atom. The van der Waals surface area contributed by atoms with Crippen LogP contribution in [0.1, 0.15) is 36.4 Å². The Kier molecular flexibility index (Phi) is 5.46. The molecule has 0 spiro atoms. The molecule has 0 bridgehead atoms. The van der Waals surface area contributed by atoms with Gasteiger partial charge in [0.15, 0.2) is 15.2 Å². The number of anilines is 1. The highest BCUT2D eigenvalue weighted by Gasteiger charge is 2.27. The van der Waals surface area contributed by atoms with Crippen molar-refractivity contribution in [3.63, 3.8) is 0 Å². The zero-order chi connectivity index (χ0) is 15.6. The molecular formula is C14H22ClN3O2S. The Bertz CT molecular complexity index is 498. The summed E-state index contributed by atoms with van der Waals surface area (Å²) < 4.78 is 4.72. The van der Waals surface area contributed by atoms with Crippen LogP contribution in [0.3, 0.4) is 0 Å². The standard InChI is InChI=1S/C14H22ClN3O2S/c1-9(2)18-7-5-10(6-8-18)17(3)14-16-12(15)11(21-14)13(19)20-4/h9-10H,5-8H2,1-4H3. The molecule has 0 aromatic carbocycles. The smallest absolute Gasteiger partial charge is 0.351 e. The van der Waals surface area contributed by atoms with E-state index in [0.29, 0.717) is 17.0 Å². The van der Waals surface area contributed by atoms with Gasteiger partial charge in [-0.3, -0.25) is 0 Å². The van der Waals surface area contributed by atoms with Crippen LogP contribution in [-0.4, -0.2) is 55.2 Å². The van der Waals surface area contributed by atoms with Crippen LogP contribution in [0.2, 0.25) is 5.15 Å². The van der Waals surface area contributed by atoms with Gasteiger partial charge in [-0.15, -0.1) is 0 Å². The third kappa shape index (κ3) is 3.67. The summed E-state index contributed by atoms with van der Waals surface area (Å²) in [7, 11) is 3.37. The highest BCUT2D eigenvalue weighted by atomic mass is 35.5. The highest BCUT2D eigenvalue weighted by molar-refractivity contribution is 7.18. The fraction of sp³-hybridized carbons (Fsp3) is 0.714. The average Bonchev–Trinajstić information content (AvgIpc) is 2.87. The van der Waals surface area contributed by atoms with E-state index in [2.05, 4.69) is 28.6 Å². The summed E-state index contributed by atoms with van der Waals surface area (Å²) in [4.78, 5) is 20.9. The van der Waals surface area contributed by atoms with Gasteiger partial charge in [-0.25, -0.2) is 9.78 Å². The molecule has 2 rings (SSSR count). The zero-order valence-electron chi connectivity index (χ0n) is 12.9. The molecule has 0 saturated carbocycles. The van der Waals surface area contributed by atoms with Gasteiger partial charge in [0.1, 0.15) is 0 Å². The summed E-state index contributed by atoms with van der Waals surface area (Å²) in [6.45, 7) is 6.64. The number of hydrogen-bond acceptors (Lipinski definition) is 6. The first-order chi connectivity index (χ1) is 9.93. The van der Waals surface area contributed by atoms with Crippen molar-refractivity contribution in [3.05, 3.63) is 10.0 Å². The number of carbonyl (C=O) groups excluding carboxylic acids is 1. The van der Waals surface area contributed by atoms with Gasteiger partial charge in [-0.1, -0.05) is 22.9 Å². The summed E-state index contributed by atoms with van der Waals surface area (Å²) in [6, 6.07) is 1.03. The Balaban J connectivity index is 2.04. The molecule has 0 aliphatic carbocycles. The molecule has 2 heterocycles. The number of rotatable bonds is 4. The van der Waals surface area contributed by atoms with E-state index in [9.17, 15) is 4.79 Å². The largest absolute Gasteiger partial charge is 0.465 e. The van der Waals surface area contributed by atoms with Gasteiger partial charge in [0.05, 0.1) is 7.11 Å². The zero-order valence-corrected chi connectivity index (χ0v) is 14.5. The van der Waals surface area contributed by atoms with Gasteiger partial charge >= 0.3 is 5.97 Å². The lowest BCUT2D eigenvalue weighted by atomic mass is 10.0. The number of methoxy groups -OCH3 is 1. The van der Waals surface area contributed by atoms with Crippen molar-refractivity contribution in [1.29, 1.82) is 0 Å². The molecular weight excluding hydrogens is 310 g/mol. The molecule has 0 atom stereocenters. The minimum Gasteiger partial charge on any atom is -0.465 e. The quantitative estimate of drug-likeness (QED) is 0.794. The van der Waals surface area contributed by atoms with E-state index in [1.807, 2.05) is 7.05 Å². The van der Waals surface area contributed by atoms with Gasteiger partial charge in [-0.2, -0.15) is 0 Å². The average molecular weight is 332 g/mol. The number of esters is 1. The minimum absolute atomic E-state index is 0.230. The molecule has 1 aliphatic rings. The number of nitrogens with zero attached hydrogens (tertiary/aromatic N) is 3. The molecule has 1 saturated heterocycles.